The number of hydrogen-bond acceptors (Lipinski definition) is 2. The fraction of sp³-hybridized carbons (Fsp3) is 0.889. The van der Waals surface area contributed by atoms with Crippen molar-refractivity contribution in [3.63, 3.8) is 0 Å². The molecule has 1 rings (SSSR count). The van der Waals surface area contributed by atoms with Crippen molar-refractivity contribution in [1.82, 2.24) is 10.2 Å². The maximum Gasteiger partial charge on any atom is 0.317 e. The number of nitrogens with zero attached hydrogens (tertiary/aromatic N) is 1. The van der Waals surface area contributed by atoms with E-state index in [1.807, 2.05) is 4.90 Å². The highest BCUT2D eigenvalue weighted by atomic mass is 16.3. The molecule has 2 amide bonds. The van der Waals surface area contributed by atoms with Crippen LogP contribution in [0.1, 0.15) is 19.8 Å². The molecule has 4 nitrogen and oxygen atoms in total. The number of carbonyl (C=O) groups is 1. The van der Waals surface area contributed by atoms with Crippen molar-refractivity contribution in [2.75, 3.05) is 26.2 Å². The zero-order valence-corrected chi connectivity index (χ0v) is 8.12. The Bertz CT molecular complexity index is 173. The predicted molar refractivity (Wildman–Crippen MR) is 50.5 cm³/mol. The molecule has 4 heteroatoms. The fourth-order valence-corrected chi connectivity index (χ4v) is 1.60. The van der Waals surface area contributed by atoms with Crippen LogP contribution in [0.15, 0.2) is 0 Å². The second kappa shape index (κ2) is 5.07. The van der Waals surface area contributed by atoms with E-state index in [1.165, 1.54) is 0 Å². The third-order valence-electron chi connectivity index (χ3n) is 2.54. The molecule has 1 saturated heterocycles. The molecule has 1 aliphatic heterocycles. The first-order valence-electron chi connectivity index (χ1n) is 4.91. The van der Waals surface area contributed by atoms with E-state index in [9.17, 15) is 4.79 Å². The summed E-state index contributed by atoms with van der Waals surface area (Å²) in [4.78, 5) is 13.0. The highest BCUT2D eigenvalue weighted by Crippen LogP contribution is 2.11. The minimum atomic E-state index is 0.0383. The highest BCUT2D eigenvalue weighted by Gasteiger charge is 2.21. The molecule has 1 aliphatic rings. The molecule has 2 N–H and O–H groups in total. The molecule has 1 atom stereocenters. The van der Waals surface area contributed by atoms with E-state index >= 15 is 0 Å². The van der Waals surface area contributed by atoms with E-state index in [4.69, 9.17) is 5.11 Å². The van der Waals surface area contributed by atoms with Gasteiger partial charge in [0.15, 0.2) is 0 Å². The lowest BCUT2D eigenvalue weighted by Crippen LogP contribution is -2.33. The lowest BCUT2D eigenvalue weighted by atomic mass is 10.0. The summed E-state index contributed by atoms with van der Waals surface area (Å²) >= 11 is 0. The van der Waals surface area contributed by atoms with Crippen LogP contribution in [0.3, 0.4) is 0 Å². The fourth-order valence-electron chi connectivity index (χ4n) is 1.60. The quantitative estimate of drug-likeness (QED) is 0.654. The van der Waals surface area contributed by atoms with Crippen molar-refractivity contribution in [1.29, 1.82) is 0 Å². The minimum Gasteiger partial charge on any atom is -0.396 e. The van der Waals surface area contributed by atoms with Crippen LogP contribution in [0.4, 0.5) is 4.79 Å². The number of aliphatic hydroxyl groups is 1. The predicted octanol–water partition coefficient (Wildman–Crippen LogP) is 0.420. The van der Waals surface area contributed by atoms with E-state index in [2.05, 4.69) is 12.2 Å². The molecule has 1 heterocycles. The Kier molecular flexibility index (Phi) is 4.02. The van der Waals surface area contributed by atoms with E-state index in [0.29, 0.717) is 5.92 Å². The summed E-state index contributed by atoms with van der Waals surface area (Å²) in [5.74, 6) is 0.439. The average molecular weight is 186 g/mol. The second-order valence-corrected chi connectivity index (χ2v) is 3.46. The molecule has 0 aromatic carbocycles. The van der Waals surface area contributed by atoms with Gasteiger partial charge >= 0.3 is 6.03 Å². The number of nitrogens with one attached hydrogen (secondary N) is 1. The average Bonchev–Trinajstić information content (AvgIpc) is 2.51. The number of aliphatic hydroxyl groups excluding tert-OH is 1. The molecule has 13 heavy (non-hydrogen) atoms. The Morgan fingerprint density at radius 2 is 2.46 bits per heavy atom. The van der Waals surface area contributed by atoms with Crippen LogP contribution >= 0.6 is 0 Å². The van der Waals surface area contributed by atoms with Crippen LogP contribution in [0.5, 0.6) is 0 Å². The Hall–Kier alpha value is -0.770. The van der Waals surface area contributed by atoms with Gasteiger partial charge in [0.2, 0.25) is 0 Å². The first-order valence-corrected chi connectivity index (χ1v) is 4.91. The molecule has 0 aliphatic carbocycles. The van der Waals surface area contributed by atoms with Gasteiger partial charge in [0, 0.05) is 26.2 Å². The normalized spacial score (nSPS) is 18.9. The van der Waals surface area contributed by atoms with Gasteiger partial charge in [-0.1, -0.05) is 13.3 Å². The first kappa shape index (κ1) is 10.3. The van der Waals surface area contributed by atoms with E-state index in [1.54, 1.807) is 0 Å². The van der Waals surface area contributed by atoms with Gasteiger partial charge in [-0.05, 0) is 12.3 Å². The van der Waals surface area contributed by atoms with Crippen molar-refractivity contribution in [3.05, 3.63) is 0 Å². The first-order chi connectivity index (χ1) is 6.27. The smallest absolute Gasteiger partial charge is 0.317 e. The summed E-state index contributed by atoms with van der Waals surface area (Å²) in [6, 6.07) is 0.0383. The maximum atomic E-state index is 11.2. The summed E-state index contributed by atoms with van der Waals surface area (Å²) in [6.45, 7) is 4.65. The zero-order chi connectivity index (χ0) is 9.68. The number of carbonyl (C=O) groups excluding carboxylic acids is 1. The maximum absolute atomic E-state index is 11.2. The molecule has 0 aromatic heterocycles. The SMILES string of the molecule is CCC(CCO)CN1CCNC1=O. The summed E-state index contributed by atoms with van der Waals surface area (Å²) in [6.07, 6.45) is 1.81. The second-order valence-electron chi connectivity index (χ2n) is 3.46. The standard InChI is InChI=1S/C9H18N2O2/c1-2-8(3-6-12)7-11-5-4-10-9(11)13/h8,12H,2-7H2,1H3,(H,10,13). The van der Waals surface area contributed by atoms with Gasteiger partial charge in [0.05, 0.1) is 0 Å². The van der Waals surface area contributed by atoms with Crippen LogP contribution in [0, 0.1) is 5.92 Å². The lowest BCUT2D eigenvalue weighted by molar-refractivity contribution is 0.194. The topological polar surface area (TPSA) is 52.6 Å². The van der Waals surface area contributed by atoms with Gasteiger partial charge < -0.3 is 15.3 Å². The van der Waals surface area contributed by atoms with E-state index in [0.717, 1.165) is 32.5 Å². The van der Waals surface area contributed by atoms with Gasteiger partial charge in [0.25, 0.3) is 0 Å². The Balaban J connectivity index is 2.31. The third-order valence-corrected chi connectivity index (χ3v) is 2.54. The molecule has 0 bridgehead atoms. The summed E-state index contributed by atoms with van der Waals surface area (Å²) in [7, 11) is 0. The Morgan fingerprint density at radius 3 is 2.92 bits per heavy atom. The van der Waals surface area contributed by atoms with Crippen LogP contribution in [0.25, 0.3) is 0 Å². The van der Waals surface area contributed by atoms with Gasteiger partial charge in [0.1, 0.15) is 0 Å². The van der Waals surface area contributed by atoms with Crippen molar-refractivity contribution in [2.45, 2.75) is 19.8 Å². The van der Waals surface area contributed by atoms with Crippen LogP contribution in [-0.4, -0.2) is 42.3 Å². The number of hydrogen-bond donors (Lipinski definition) is 2. The van der Waals surface area contributed by atoms with E-state index in [-0.39, 0.29) is 12.6 Å². The van der Waals surface area contributed by atoms with E-state index < -0.39 is 0 Å². The Morgan fingerprint density at radius 1 is 1.69 bits per heavy atom. The van der Waals surface area contributed by atoms with Crippen molar-refractivity contribution in [2.24, 2.45) is 5.92 Å². The van der Waals surface area contributed by atoms with Gasteiger partial charge in [-0.25, -0.2) is 4.79 Å². The summed E-state index contributed by atoms with van der Waals surface area (Å²) in [5.41, 5.74) is 0. The molecule has 0 spiro atoms. The van der Waals surface area contributed by atoms with Crippen molar-refractivity contribution >= 4 is 6.03 Å². The van der Waals surface area contributed by atoms with Gasteiger partial charge in [-0.15, -0.1) is 0 Å². The highest BCUT2D eigenvalue weighted by molar-refractivity contribution is 5.76. The van der Waals surface area contributed by atoms with Crippen LogP contribution in [-0.2, 0) is 0 Å². The lowest BCUT2D eigenvalue weighted by Gasteiger charge is -2.20. The molecule has 1 fully saturated rings. The number of rotatable bonds is 5. The van der Waals surface area contributed by atoms with Crippen molar-refractivity contribution < 1.29 is 9.90 Å². The third kappa shape index (κ3) is 2.88. The number of urea groups is 1. The zero-order valence-electron chi connectivity index (χ0n) is 8.12. The summed E-state index contributed by atoms with van der Waals surface area (Å²) < 4.78 is 0. The van der Waals surface area contributed by atoms with Gasteiger partial charge in [-0.2, -0.15) is 0 Å². The van der Waals surface area contributed by atoms with Crippen molar-refractivity contribution in [3.8, 4) is 0 Å². The Labute approximate surface area is 78.9 Å². The molecular formula is C9H18N2O2. The summed E-state index contributed by atoms with van der Waals surface area (Å²) in [5, 5.41) is 11.6. The molecule has 76 valence electrons. The van der Waals surface area contributed by atoms with Crippen LogP contribution < -0.4 is 5.32 Å². The van der Waals surface area contributed by atoms with Crippen LogP contribution in [0.2, 0.25) is 0 Å². The largest absolute Gasteiger partial charge is 0.396 e. The number of amides is 2. The monoisotopic (exact) mass is 186 g/mol. The molecular weight excluding hydrogens is 168 g/mol. The van der Waals surface area contributed by atoms with Gasteiger partial charge in [-0.3, -0.25) is 0 Å². The molecule has 0 radical (unpaired) electrons. The minimum absolute atomic E-state index is 0.0383. The molecule has 0 aromatic rings. The molecule has 1 unspecified atom stereocenters. The molecule has 0 saturated carbocycles.